The molecule has 0 saturated heterocycles. The van der Waals surface area contributed by atoms with Gasteiger partial charge in [0.2, 0.25) is 0 Å². The molecular weight excluding hydrogens is 260 g/mol. The predicted molar refractivity (Wildman–Crippen MR) is 75.1 cm³/mol. The molecule has 5 nitrogen and oxygen atoms in total. The second-order valence-electron chi connectivity index (χ2n) is 4.22. The molecule has 0 amide bonds. The van der Waals surface area contributed by atoms with E-state index < -0.39 is 6.16 Å². The highest BCUT2D eigenvalue weighted by Gasteiger charge is 2.08. The zero-order valence-corrected chi connectivity index (χ0v) is 11.6. The highest BCUT2D eigenvalue weighted by atomic mass is 16.7. The lowest BCUT2D eigenvalue weighted by molar-refractivity contribution is 0.0920. The first-order valence-corrected chi connectivity index (χ1v) is 6.46. The highest BCUT2D eigenvalue weighted by molar-refractivity contribution is 5.64. The minimum atomic E-state index is -0.745. The Labute approximate surface area is 118 Å². The first-order chi connectivity index (χ1) is 9.63. The number of phenolic OH excluding ortho intramolecular Hbond substituents is 1. The number of carbonyl (C=O) groups is 1. The molecule has 5 heteroatoms. The lowest BCUT2D eigenvalue weighted by Gasteiger charge is -2.08. The summed E-state index contributed by atoms with van der Waals surface area (Å²) in [5, 5.41) is 9.24. The molecule has 0 unspecified atom stereocenters. The van der Waals surface area contributed by atoms with Crippen LogP contribution in [0.2, 0.25) is 0 Å². The van der Waals surface area contributed by atoms with Crippen LogP contribution < -0.4 is 4.74 Å². The summed E-state index contributed by atoms with van der Waals surface area (Å²) < 4.78 is 15.2. The Balaban J connectivity index is 2.18. The summed E-state index contributed by atoms with van der Waals surface area (Å²) in [7, 11) is 0. The molecule has 0 saturated carbocycles. The molecule has 0 radical (unpaired) electrons. The van der Waals surface area contributed by atoms with E-state index in [1.54, 1.807) is 13.0 Å². The number of hydrogen-bond acceptors (Lipinski definition) is 5. The van der Waals surface area contributed by atoms with E-state index in [9.17, 15) is 9.90 Å². The number of phenols is 1. The summed E-state index contributed by atoms with van der Waals surface area (Å²) >= 11 is 0. The molecule has 0 aliphatic rings. The van der Waals surface area contributed by atoms with Crippen LogP contribution in [-0.4, -0.2) is 31.1 Å². The molecule has 110 valence electrons. The Hall–Kier alpha value is -2.01. The van der Waals surface area contributed by atoms with Crippen LogP contribution in [0.5, 0.6) is 11.5 Å². The second kappa shape index (κ2) is 8.98. The van der Waals surface area contributed by atoms with Crippen molar-refractivity contribution in [1.82, 2.24) is 0 Å². The molecule has 0 aromatic heterocycles. The third-order valence-electron chi connectivity index (χ3n) is 2.49. The zero-order chi connectivity index (χ0) is 14.8. The maximum Gasteiger partial charge on any atom is 0.513 e. The van der Waals surface area contributed by atoms with E-state index in [1.807, 2.05) is 0 Å². The van der Waals surface area contributed by atoms with Gasteiger partial charge in [-0.2, -0.15) is 0 Å². The van der Waals surface area contributed by atoms with Crippen LogP contribution in [0.4, 0.5) is 4.79 Å². The van der Waals surface area contributed by atoms with Gasteiger partial charge in [0.05, 0.1) is 13.2 Å². The van der Waals surface area contributed by atoms with Crippen molar-refractivity contribution in [1.29, 1.82) is 0 Å². The number of rotatable bonds is 8. The van der Waals surface area contributed by atoms with E-state index in [1.165, 1.54) is 18.2 Å². The van der Waals surface area contributed by atoms with Gasteiger partial charge in [0, 0.05) is 6.61 Å². The third kappa shape index (κ3) is 6.24. The van der Waals surface area contributed by atoms with E-state index >= 15 is 0 Å². The molecule has 0 atom stereocenters. The Morgan fingerprint density at radius 2 is 2.10 bits per heavy atom. The molecule has 20 heavy (non-hydrogen) atoms. The maximum atomic E-state index is 11.4. The monoisotopic (exact) mass is 280 g/mol. The van der Waals surface area contributed by atoms with Crippen molar-refractivity contribution in [3.63, 3.8) is 0 Å². The second-order valence-corrected chi connectivity index (χ2v) is 4.22. The fourth-order valence-electron chi connectivity index (χ4n) is 1.50. The summed E-state index contributed by atoms with van der Waals surface area (Å²) in [6.45, 7) is 6.71. The van der Waals surface area contributed by atoms with Crippen LogP contribution in [0.3, 0.4) is 0 Å². The summed E-state index contributed by atoms with van der Waals surface area (Å²) in [5.41, 5.74) is 0.666. The molecule has 0 aliphatic carbocycles. The highest BCUT2D eigenvalue weighted by Crippen LogP contribution is 2.22. The van der Waals surface area contributed by atoms with Gasteiger partial charge in [-0.1, -0.05) is 6.08 Å². The van der Waals surface area contributed by atoms with E-state index in [-0.39, 0.29) is 12.4 Å². The van der Waals surface area contributed by atoms with Gasteiger partial charge >= 0.3 is 6.16 Å². The standard InChI is InChI=1S/C15H20O5/c1-3-8-18-9-4-5-10-19-15(17)20-14-7-6-13(16)11-12(14)2/h3,6-7,11,16H,1,4-5,8-10H2,2H3. The quantitative estimate of drug-likeness (QED) is 0.343. The molecule has 0 aliphatic heterocycles. The van der Waals surface area contributed by atoms with Crippen molar-refractivity contribution in [3.05, 3.63) is 36.4 Å². The summed E-state index contributed by atoms with van der Waals surface area (Å²) in [6.07, 6.45) is 2.46. The fraction of sp³-hybridized carbons (Fsp3) is 0.400. The van der Waals surface area contributed by atoms with E-state index in [4.69, 9.17) is 14.2 Å². The molecule has 0 fully saturated rings. The molecule has 1 aromatic rings. The lowest BCUT2D eigenvalue weighted by atomic mass is 10.2. The largest absolute Gasteiger partial charge is 0.513 e. The SMILES string of the molecule is C=CCOCCCCOC(=O)Oc1ccc(O)cc1C. The summed E-state index contributed by atoms with van der Waals surface area (Å²) in [4.78, 5) is 11.4. The van der Waals surface area contributed by atoms with Crippen molar-refractivity contribution in [3.8, 4) is 11.5 Å². The normalized spacial score (nSPS) is 10.1. The van der Waals surface area contributed by atoms with Crippen LogP contribution in [-0.2, 0) is 9.47 Å². The van der Waals surface area contributed by atoms with Crippen molar-refractivity contribution in [2.24, 2.45) is 0 Å². The van der Waals surface area contributed by atoms with Crippen LogP contribution >= 0.6 is 0 Å². The number of unbranched alkanes of at least 4 members (excludes halogenated alkanes) is 1. The first-order valence-electron chi connectivity index (χ1n) is 6.46. The van der Waals surface area contributed by atoms with Crippen LogP contribution in [0, 0.1) is 6.92 Å². The van der Waals surface area contributed by atoms with Gasteiger partial charge in [-0.15, -0.1) is 6.58 Å². The molecule has 1 aromatic carbocycles. The topological polar surface area (TPSA) is 65.0 Å². The van der Waals surface area contributed by atoms with Gasteiger partial charge in [0.1, 0.15) is 11.5 Å². The van der Waals surface area contributed by atoms with Crippen molar-refractivity contribution in [2.45, 2.75) is 19.8 Å². The number of hydrogen-bond donors (Lipinski definition) is 1. The third-order valence-corrected chi connectivity index (χ3v) is 2.49. The molecule has 1 rings (SSSR count). The minimum Gasteiger partial charge on any atom is -0.508 e. The Morgan fingerprint density at radius 1 is 1.35 bits per heavy atom. The predicted octanol–water partition coefficient (Wildman–Crippen LogP) is 3.20. The van der Waals surface area contributed by atoms with E-state index in [0.717, 1.165) is 6.42 Å². The van der Waals surface area contributed by atoms with Crippen LogP contribution in [0.25, 0.3) is 0 Å². The van der Waals surface area contributed by atoms with Gasteiger partial charge in [-0.05, 0) is 43.5 Å². The van der Waals surface area contributed by atoms with Crippen molar-refractivity contribution >= 4 is 6.16 Å². The number of aromatic hydroxyl groups is 1. The van der Waals surface area contributed by atoms with E-state index in [0.29, 0.717) is 30.9 Å². The van der Waals surface area contributed by atoms with E-state index in [2.05, 4.69) is 6.58 Å². The Bertz CT molecular complexity index is 442. The zero-order valence-electron chi connectivity index (χ0n) is 11.6. The molecule has 0 heterocycles. The van der Waals surface area contributed by atoms with Gasteiger partial charge in [0.15, 0.2) is 0 Å². The molecule has 0 spiro atoms. The van der Waals surface area contributed by atoms with Gasteiger partial charge in [-0.25, -0.2) is 4.79 Å². The fourth-order valence-corrected chi connectivity index (χ4v) is 1.50. The van der Waals surface area contributed by atoms with Gasteiger partial charge in [0.25, 0.3) is 0 Å². The Kier molecular flexibility index (Phi) is 7.21. The Morgan fingerprint density at radius 3 is 2.80 bits per heavy atom. The van der Waals surface area contributed by atoms with Crippen LogP contribution in [0.15, 0.2) is 30.9 Å². The van der Waals surface area contributed by atoms with Gasteiger partial charge in [-0.3, -0.25) is 0 Å². The number of ether oxygens (including phenoxy) is 3. The number of carbonyl (C=O) groups excluding carboxylic acids is 1. The molecule has 1 N–H and O–H groups in total. The average Bonchev–Trinajstić information content (AvgIpc) is 2.41. The van der Waals surface area contributed by atoms with Crippen molar-refractivity contribution < 1.29 is 24.1 Å². The van der Waals surface area contributed by atoms with Crippen molar-refractivity contribution in [2.75, 3.05) is 19.8 Å². The van der Waals surface area contributed by atoms with Crippen LogP contribution in [0.1, 0.15) is 18.4 Å². The number of benzene rings is 1. The molecular formula is C15H20O5. The average molecular weight is 280 g/mol. The summed E-state index contributed by atoms with van der Waals surface area (Å²) in [5.74, 6) is 0.504. The maximum absolute atomic E-state index is 11.4. The lowest BCUT2D eigenvalue weighted by Crippen LogP contribution is -2.12. The minimum absolute atomic E-state index is 0.128. The first kappa shape index (κ1) is 16.0. The summed E-state index contributed by atoms with van der Waals surface area (Å²) in [6, 6.07) is 4.49. The number of aryl methyl sites for hydroxylation is 1. The molecule has 0 bridgehead atoms. The smallest absolute Gasteiger partial charge is 0.508 e. The van der Waals surface area contributed by atoms with Gasteiger partial charge < -0.3 is 19.3 Å².